The van der Waals surface area contributed by atoms with Crippen LogP contribution in [0, 0.1) is 0 Å². The molecule has 156 valence electrons. The summed E-state index contributed by atoms with van der Waals surface area (Å²) in [7, 11) is 1.33. The molecule has 2 unspecified atom stereocenters. The van der Waals surface area contributed by atoms with Gasteiger partial charge in [0, 0.05) is 27.9 Å². The summed E-state index contributed by atoms with van der Waals surface area (Å²) in [5.41, 5.74) is 2.88. The monoisotopic (exact) mass is 437 g/mol. The zero-order valence-corrected chi connectivity index (χ0v) is 18.2. The normalized spacial score (nSPS) is 21.0. The number of esters is 2. The Morgan fingerprint density at radius 3 is 2.69 bits per heavy atom. The number of carbonyl (C=O) groups is 2. The highest BCUT2D eigenvalue weighted by molar-refractivity contribution is 7.99. The first-order valence-electron chi connectivity index (χ1n) is 9.37. The average Bonchev–Trinajstić information content (AvgIpc) is 3.51. The highest BCUT2D eigenvalue weighted by Crippen LogP contribution is 2.40. The molecule has 3 rings (SSSR count). The molecular formula is C21H24ClNO5S. The third kappa shape index (κ3) is 5.15. The topological polar surface area (TPSA) is 77.2 Å². The van der Waals surface area contributed by atoms with E-state index in [4.69, 9.17) is 25.8 Å². The van der Waals surface area contributed by atoms with Crippen LogP contribution in [0.15, 0.2) is 46.8 Å². The van der Waals surface area contributed by atoms with Crippen LogP contribution in [0.5, 0.6) is 0 Å². The molecule has 2 atom stereocenters. The summed E-state index contributed by atoms with van der Waals surface area (Å²) in [5.74, 6) is -0.182. The van der Waals surface area contributed by atoms with Gasteiger partial charge in [-0.2, -0.15) is 11.8 Å². The fraction of sp³-hybridized carbons (Fsp3) is 0.429. The van der Waals surface area contributed by atoms with Crippen LogP contribution in [0.4, 0.5) is 0 Å². The Bertz CT molecular complexity index is 862. The van der Waals surface area contributed by atoms with Crippen molar-refractivity contribution in [3.05, 3.63) is 57.4 Å². The first-order chi connectivity index (χ1) is 14.0. The van der Waals surface area contributed by atoms with Crippen molar-refractivity contribution in [3.8, 4) is 0 Å². The number of rotatable bonds is 8. The number of halogens is 1. The molecule has 0 saturated carbocycles. The molecule has 1 aromatic carbocycles. The van der Waals surface area contributed by atoms with E-state index in [2.05, 4.69) is 5.32 Å². The number of epoxide rings is 1. The number of hydrogen-bond donors (Lipinski definition) is 1. The summed E-state index contributed by atoms with van der Waals surface area (Å²) in [6.07, 6.45) is 0.279. The molecule has 2 heterocycles. The van der Waals surface area contributed by atoms with E-state index in [0.29, 0.717) is 27.6 Å². The van der Waals surface area contributed by atoms with Crippen LogP contribution < -0.4 is 5.32 Å². The van der Waals surface area contributed by atoms with Gasteiger partial charge in [-0.15, -0.1) is 0 Å². The Labute approximate surface area is 179 Å². The highest BCUT2D eigenvalue weighted by Gasteiger charge is 2.39. The number of allylic oxidation sites excluding steroid dienone is 1. The lowest BCUT2D eigenvalue weighted by Gasteiger charge is -2.31. The van der Waals surface area contributed by atoms with Crippen LogP contribution in [0.25, 0.3) is 0 Å². The van der Waals surface area contributed by atoms with Gasteiger partial charge < -0.3 is 19.5 Å². The molecule has 0 aliphatic carbocycles. The fourth-order valence-electron chi connectivity index (χ4n) is 3.32. The molecule has 1 fully saturated rings. The summed E-state index contributed by atoms with van der Waals surface area (Å²) in [4.78, 5) is 25.6. The number of carbonyl (C=O) groups excluding carboxylic acids is 2. The summed E-state index contributed by atoms with van der Waals surface area (Å²) in [5, 5.41) is 3.76. The van der Waals surface area contributed by atoms with E-state index < -0.39 is 17.9 Å². The number of benzene rings is 1. The Morgan fingerprint density at radius 1 is 1.31 bits per heavy atom. The van der Waals surface area contributed by atoms with Gasteiger partial charge in [0.05, 0.1) is 43.5 Å². The summed E-state index contributed by atoms with van der Waals surface area (Å²) >= 11 is 7.88. The molecule has 1 aromatic rings. The van der Waals surface area contributed by atoms with E-state index in [1.54, 1.807) is 43.8 Å². The van der Waals surface area contributed by atoms with Crippen molar-refractivity contribution in [2.24, 2.45) is 0 Å². The van der Waals surface area contributed by atoms with E-state index in [0.717, 1.165) is 23.6 Å². The van der Waals surface area contributed by atoms with E-state index >= 15 is 0 Å². The smallest absolute Gasteiger partial charge is 0.336 e. The Hall–Kier alpha value is -1.96. The maximum Gasteiger partial charge on any atom is 0.336 e. The van der Waals surface area contributed by atoms with Crippen LogP contribution in [0.2, 0.25) is 5.02 Å². The predicted molar refractivity (Wildman–Crippen MR) is 113 cm³/mol. The minimum absolute atomic E-state index is 0.233. The Balaban J connectivity index is 2.07. The zero-order chi connectivity index (χ0) is 21.0. The number of ether oxygens (including phenoxy) is 3. The lowest BCUT2D eigenvalue weighted by Crippen LogP contribution is -2.34. The molecule has 6 nitrogen and oxygen atoms in total. The minimum atomic E-state index is -0.630. The van der Waals surface area contributed by atoms with Gasteiger partial charge in [0.1, 0.15) is 0 Å². The van der Waals surface area contributed by atoms with E-state index in [9.17, 15) is 9.59 Å². The molecule has 29 heavy (non-hydrogen) atoms. The first-order valence-corrected chi connectivity index (χ1v) is 10.9. The van der Waals surface area contributed by atoms with Crippen molar-refractivity contribution in [1.82, 2.24) is 5.32 Å². The van der Waals surface area contributed by atoms with Crippen LogP contribution in [0.3, 0.4) is 0 Å². The maximum atomic E-state index is 13.0. The third-order valence-corrected chi connectivity index (χ3v) is 6.02. The second-order valence-electron chi connectivity index (χ2n) is 6.73. The molecule has 2 aliphatic rings. The molecule has 1 N–H and O–H groups in total. The molecule has 1 saturated heterocycles. The van der Waals surface area contributed by atoms with Gasteiger partial charge >= 0.3 is 11.9 Å². The Kier molecular flexibility index (Phi) is 7.27. The average molecular weight is 438 g/mol. The van der Waals surface area contributed by atoms with E-state index in [1.165, 1.54) is 7.11 Å². The zero-order valence-electron chi connectivity index (χ0n) is 16.6. The van der Waals surface area contributed by atoms with Crippen molar-refractivity contribution in [3.63, 3.8) is 0 Å². The quantitative estimate of drug-likeness (QED) is 0.493. The lowest BCUT2D eigenvalue weighted by molar-refractivity contribution is -0.139. The summed E-state index contributed by atoms with van der Waals surface area (Å²) < 4.78 is 15.6. The second-order valence-corrected chi connectivity index (χ2v) is 8.19. The highest BCUT2D eigenvalue weighted by atomic mass is 35.5. The predicted octanol–water partition coefficient (Wildman–Crippen LogP) is 3.42. The number of methoxy groups -OCH3 is 1. The van der Waals surface area contributed by atoms with Crippen LogP contribution >= 0.6 is 23.4 Å². The number of hydrogen-bond acceptors (Lipinski definition) is 7. The lowest BCUT2D eigenvalue weighted by atomic mass is 9.80. The number of nitrogens with one attached hydrogen (secondary N) is 1. The van der Waals surface area contributed by atoms with E-state index in [1.807, 2.05) is 6.07 Å². The molecule has 0 amide bonds. The van der Waals surface area contributed by atoms with Gasteiger partial charge in [-0.1, -0.05) is 23.7 Å². The maximum absolute atomic E-state index is 13.0. The number of thioether (sulfide) groups is 1. The van der Waals surface area contributed by atoms with Crippen molar-refractivity contribution in [2.45, 2.75) is 25.9 Å². The molecule has 0 aromatic heterocycles. The largest absolute Gasteiger partial charge is 0.466 e. The fourth-order valence-corrected chi connectivity index (χ4v) is 4.52. The van der Waals surface area contributed by atoms with Crippen molar-refractivity contribution in [2.75, 3.05) is 31.8 Å². The molecule has 0 bridgehead atoms. The van der Waals surface area contributed by atoms with Gasteiger partial charge in [-0.05, 0) is 31.5 Å². The number of dihydropyridines is 1. The molecule has 0 radical (unpaired) electrons. The van der Waals surface area contributed by atoms with Crippen LogP contribution in [-0.2, 0) is 23.8 Å². The molecule has 8 heteroatoms. The van der Waals surface area contributed by atoms with Crippen molar-refractivity contribution >= 4 is 35.3 Å². The SMILES string of the molecule is CCOC(=O)C1=C(CSCC2CO2)NC(C)=C(C(=O)OC)C1c1cccc(Cl)c1. The Morgan fingerprint density at radius 2 is 2.07 bits per heavy atom. The van der Waals surface area contributed by atoms with Crippen molar-refractivity contribution in [1.29, 1.82) is 0 Å². The second kappa shape index (κ2) is 9.69. The summed E-state index contributed by atoms with van der Waals surface area (Å²) in [6, 6.07) is 7.15. The third-order valence-electron chi connectivity index (χ3n) is 4.68. The van der Waals surface area contributed by atoms with Gasteiger partial charge in [0.25, 0.3) is 0 Å². The van der Waals surface area contributed by atoms with Gasteiger partial charge in [0.2, 0.25) is 0 Å². The van der Waals surface area contributed by atoms with Crippen LogP contribution in [0.1, 0.15) is 25.3 Å². The van der Waals surface area contributed by atoms with Crippen LogP contribution in [-0.4, -0.2) is 49.9 Å². The molecular weight excluding hydrogens is 414 g/mol. The minimum Gasteiger partial charge on any atom is -0.466 e. The van der Waals surface area contributed by atoms with Crippen molar-refractivity contribution < 1.29 is 23.8 Å². The standard InChI is InChI=1S/C21H24ClNO5S/c1-4-27-21(25)19-16(11-29-10-15-9-28-15)23-12(2)17(20(24)26-3)18(19)13-6-5-7-14(22)8-13/h5-8,15,18,23H,4,9-11H2,1-3H3. The summed E-state index contributed by atoms with van der Waals surface area (Å²) in [6.45, 7) is 4.57. The van der Waals surface area contributed by atoms with Gasteiger partial charge in [0.15, 0.2) is 0 Å². The van der Waals surface area contributed by atoms with Gasteiger partial charge in [-0.3, -0.25) is 0 Å². The molecule has 2 aliphatic heterocycles. The first kappa shape index (κ1) is 21.7. The van der Waals surface area contributed by atoms with E-state index in [-0.39, 0.29) is 12.7 Å². The molecule has 0 spiro atoms. The van der Waals surface area contributed by atoms with Gasteiger partial charge in [-0.25, -0.2) is 9.59 Å².